The van der Waals surface area contributed by atoms with Crippen molar-refractivity contribution in [2.24, 2.45) is 0 Å². The van der Waals surface area contributed by atoms with Gasteiger partial charge >= 0.3 is 12.1 Å². The maximum Gasteiger partial charge on any atom is 0.471 e. The molecule has 0 rings (SSSR count). The molecule has 0 aromatic heterocycles. The summed E-state index contributed by atoms with van der Waals surface area (Å²) in [6.45, 7) is 18.0. The minimum atomic E-state index is -4.93. The fourth-order valence-electron chi connectivity index (χ4n) is 2.76. The van der Waals surface area contributed by atoms with Crippen LogP contribution in [0.3, 0.4) is 0 Å². The van der Waals surface area contributed by atoms with Gasteiger partial charge in [-0.3, -0.25) is 4.79 Å². The van der Waals surface area contributed by atoms with Gasteiger partial charge in [-0.25, -0.2) is 9.34 Å². The van der Waals surface area contributed by atoms with Crippen LogP contribution in [0.2, 0.25) is 0 Å². The summed E-state index contributed by atoms with van der Waals surface area (Å²) >= 11 is 0. The SMILES string of the molecule is CCC(NC(=O)C(F)(F)F)OP(N(C(C)C)C(C)C)N(C(C)C)C(C)C. The maximum absolute atomic E-state index is 12.6. The quantitative estimate of drug-likeness (QED) is 0.419. The molecule has 5 nitrogen and oxygen atoms in total. The van der Waals surface area contributed by atoms with Crippen molar-refractivity contribution in [3.05, 3.63) is 0 Å². The standard InChI is InChI=1S/C17H35F3N3O2P/c1-10-15(21-16(24)17(18,19)20)25-26(22(11(2)3)12(4)5)23(13(6)7)14(8)9/h11-15H,10H2,1-9H3,(H,21,24). The molecular formula is C17H35F3N3O2P. The van der Waals surface area contributed by atoms with Crippen LogP contribution < -0.4 is 5.32 Å². The van der Waals surface area contributed by atoms with Gasteiger partial charge in [-0.05, 0) is 61.8 Å². The molecule has 1 atom stereocenters. The molecule has 0 heterocycles. The second kappa shape index (κ2) is 10.8. The highest BCUT2D eigenvalue weighted by molar-refractivity contribution is 7.47. The van der Waals surface area contributed by atoms with Crippen LogP contribution in [0.1, 0.15) is 68.7 Å². The number of halogens is 3. The van der Waals surface area contributed by atoms with E-state index in [-0.39, 0.29) is 30.6 Å². The van der Waals surface area contributed by atoms with E-state index in [0.29, 0.717) is 0 Å². The van der Waals surface area contributed by atoms with Crippen LogP contribution in [-0.4, -0.2) is 51.8 Å². The molecule has 0 radical (unpaired) electrons. The lowest BCUT2D eigenvalue weighted by molar-refractivity contribution is -0.176. The van der Waals surface area contributed by atoms with Gasteiger partial charge in [0.25, 0.3) is 0 Å². The normalized spacial score (nSPS) is 14.6. The lowest BCUT2D eigenvalue weighted by Crippen LogP contribution is -2.48. The molecule has 1 unspecified atom stereocenters. The molecule has 0 aromatic carbocycles. The van der Waals surface area contributed by atoms with E-state index in [2.05, 4.69) is 9.34 Å². The molecule has 0 saturated heterocycles. The summed E-state index contributed by atoms with van der Waals surface area (Å²) in [5, 5.41) is 1.98. The van der Waals surface area contributed by atoms with Crippen molar-refractivity contribution >= 4 is 14.4 Å². The Morgan fingerprint density at radius 1 is 0.923 bits per heavy atom. The van der Waals surface area contributed by atoms with Crippen molar-refractivity contribution in [3.8, 4) is 0 Å². The lowest BCUT2D eigenvalue weighted by Gasteiger charge is -2.46. The first kappa shape index (κ1) is 25.6. The number of rotatable bonds is 10. The van der Waals surface area contributed by atoms with Crippen LogP contribution >= 0.6 is 8.45 Å². The zero-order valence-corrected chi connectivity index (χ0v) is 18.3. The van der Waals surface area contributed by atoms with Crippen molar-refractivity contribution < 1.29 is 22.5 Å². The summed E-state index contributed by atoms with van der Waals surface area (Å²) in [5.74, 6) is -1.97. The molecule has 0 spiro atoms. The van der Waals surface area contributed by atoms with Crippen LogP contribution in [0.5, 0.6) is 0 Å². The second-order valence-corrected chi connectivity index (χ2v) is 9.00. The summed E-state index contributed by atoms with van der Waals surface area (Å²) in [4.78, 5) is 11.4. The Balaban J connectivity index is 5.72. The Labute approximate surface area is 157 Å². The first-order valence-electron chi connectivity index (χ1n) is 9.14. The number of alkyl halides is 3. The molecule has 0 aliphatic carbocycles. The maximum atomic E-state index is 12.6. The molecule has 26 heavy (non-hydrogen) atoms. The first-order chi connectivity index (χ1) is 11.7. The summed E-state index contributed by atoms with van der Waals surface area (Å²) in [7, 11) is -1.37. The second-order valence-electron chi connectivity index (χ2n) is 7.36. The Morgan fingerprint density at radius 3 is 1.50 bits per heavy atom. The Bertz CT molecular complexity index is 396. The predicted molar refractivity (Wildman–Crippen MR) is 101 cm³/mol. The van der Waals surface area contributed by atoms with Crippen LogP contribution in [0.25, 0.3) is 0 Å². The molecule has 0 bridgehead atoms. The summed E-state index contributed by atoms with van der Waals surface area (Å²) in [5.41, 5.74) is 0. The van der Waals surface area contributed by atoms with Gasteiger partial charge in [-0.15, -0.1) is 0 Å². The van der Waals surface area contributed by atoms with E-state index in [4.69, 9.17) is 4.52 Å². The van der Waals surface area contributed by atoms with Gasteiger partial charge < -0.3 is 9.84 Å². The van der Waals surface area contributed by atoms with Crippen LogP contribution in [0.4, 0.5) is 13.2 Å². The van der Waals surface area contributed by atoms with Crippen LogP contribution in [0, 0.1) is 0 Å². The zero-order valence-electron chi connectivity index (χ0n) is 17.4. The molecule has 0 aliphatic heterocycles. The van der Waals surface area contributed by atoms with E-state index in [1.54, 1.807) is 6.92 Å². The zero-order chi connectivity index (χ0) is 20.8. The highest BCUT2D eigenvalue weighted by Gasteiger charge is 2.41. The van der Waals surface area contributed by atoms with Gasteiger partial charge in [0, 0.05) is 24.2 Å². The van der Waals surface area contributed by atoms with E-state index in [1.807, 2.05) is 60.7 Å². The topological polar surface area (TPSA) is 44.8 Å². The monoisotopic (exact) mass is 401 g/mol. The summed E-state index contributed by atoms with van der Waals surface area (Å²) < 4.78 is 48.3. The van der Waals surface area contributed by atoms with E-state index in [9.17, 15) is 18.0 Å². The summed E-state index contributed by atoms with van der Waals surface area (Å²) in [6.07, 6.45) is -5.69. The highest BCUT2D eigenvalue weighted by atomic mass is 31.2. The fourth-order valence-corrected chi connectivity index (χ4v) is 5.22. The van der Waals surface area contributed by atoms with E-state index >= 15 is 0 Å². The van der Waals surface area contributed by atoms with E-state index < -0.39 is 26.8 Å². The van der Waals surface area contributed by atoms with E-state index in [1.165, 1.54) is 0 Å². The van der Waals surface area contributed by atoms with Crippen LogP contribution in [-0.2, 0) is 9.32 Å². The number of carbonyl (C=O) groups excluding carboxylic acids is 1. The Morgan fingerprint density at radius 2 is 1.27 bits per heavy atom. The number of nitrogens with one attached hydrogen (secondary N) is 1. The number of hydrogen-bond acceptors (Lipinski definition) is 4. The number of carbonyl (C=O) groups is 1. The average molecular weight is 401 g/mol. The van der Waals surface area contributed by atoms with Crippen molar-refractivity contribution in [2.75, 3.05) is 0 Å². The van der Waals surface area contributed by atoms with Gasteiger partial charge in [0.1, 0.15) is 6.23 Å². The molecule has 1 amide bonds. The molecule has 0 fully saturated rings. The van der Waals surface area contributed by atoms with Gasteiger partial charge in [0.05, 0.1) is 0 Å². The minimum Gasteiger partial charge on any atom is -0.322 e. The van der Waals surface area contributed by atoms with Crippen molar-refractivity contribution in [1.29, 1.82) is 0 Å². The third-order valence-electron chi connectivity index (χ3n) is 3.65. The number of amides is 1. The average Bonchev–Trinajstić information content (AvgIpc) is 2.43. The van der Waals surface area contributed by atoms with Crippen molar-refractivity contribution in [3.63, 3.8) is 0 Å². The highest BCUT2D eigenvalue weighted by Crippen LogP contribution is 2.51. The molecule has 0 aromatic rings. The minimum absolute atomic E-state index is 0.136. The lowest BCUT2D eigenvalue weighted by atomic mass is 10.3. The Kier molecular flexibility index (Phi) is 10.6. The van der Waals surface area contributed by atoms with Crippen LogP contribution in [0.15, 0.2) is 0 Å². The molecule has 0 aliphatic rings. The molecular weight excluding hydrogens is 366 g/mol. The van der Waals surface area contributed by atoms with Crippen molar-refractivity contribution in [1.82, 2.24) is 14.7 Å². The fraction of sp³-hybridized carbons (Fsp3) is 0.941. The Hall–Kier alpha value is -0.430. The smallest absolute Gasteiger partial charge is 0.322 e. The van der Waals surface area contributed by atoms with Gasteiger partial charge in [0.15, 0.2) is 8.45 Å². The number of hydrogen-bond donors (Lipinski definition) is 1. The molecule has 0 saturated carbocycles. The summed E-state index contributed by atoms with van der Waals surface area (Å²) in [6, 6.07) is 0.544. The van der Waals surface area contributed by atoms with E-state index in [0.717, 1.165) is 0 Å². The molecule has 1 N–H and O–H groups in total. The third kappa shape index (κ3) is 7.67. The predicted octanol–water partition coefficient (Wildman–Crippen LogP) is 4.88. The third-order valence-corrected chi connectivity index (χ3v) is 6.73. The van der Waals surface area contributed by atoms with Gasteiger partial charge in [-0.2, -0.15) is 13.2 Å². The largest absolute Gasteiger partial charge is 0.471 e. The molecule has 156 valence electrons. The van der Waals surface area contributed by atoms with Gasteiger partial charge in [0.2, 0.25) is 0 Å². The molecule has 9 heteroatoms. The first-order valence-corrected chi connectivity index (χ1v) is 10.3. The van der Waals surface area contributed by atoms with Crippen molar-refractivity contribution in [2.45, 2.75) is 105 Å². The number of nitrogens with zero attached hydrogens (tertiary/aromatic N) is 2. The van der Waals surface area contributed by atoms with Gasteiger partial charge in [-0.1, -0.05) is 6.92 Å².